The molecule has 0 atom stereocenters. The van der Waals surface area contributed by atoms with E-state index in [1.54, 1.807) is 18.2 Å². The van der Waals surface area contributed by atoms with E-state index in [4.69, 9.17) is 4.42 Å². The van der Waals surface area contributed by atoms with Crippen molar-refractivity contribution in [3.8, 4) is 11.5 Å². The molecule has 4 nitrogen and oxygen atoms in total. The number of aromatic nitrogens is 1. The van der Waals surface area contributed by atoms with Gasteiger partial charge in [0, 0.05) is 14.8 Å². The minimum atomic E-state index is 0.580. The van der Waals surface area contributed by atoms with Gasteiger partial charge in [-0.05, 0) is 59.0 Å². The number of halogens is 1. The summed E-state index contributed by atoms with van der Waals surface area (Å²) in [6, 6.07) is 13.3. The third-order valence-electron chi connectivity index (χ3n) is 2.68. The van der Waals surface area contributed by atoms with Crippen LogP contribution in [0, 0.1) is 3.57 Å². The highest BCUT2D eigenvalue weighted by molar-refractivity contribution is 14.1. The molecule has 1 heterocycles. The Labute approximate surface area is 123 Å². The first-order valence-electron chi connectivity index (χ1n) is 5.63. The lowest BCUT2D eigenvalue weighted by atomic mass is 10.2. The Morgan fingerprint density at radius 1 is 1.21 bits per heavy atom. The van der Waals surface area contributed by atoms with Gasteiger partial charge in [-0.3, -0.25) is 4.79 Å². The average Bonchev–Trinajstić information content (AvgIpc) is 2.82. The van der Waals surface area contributed by atoms with Crippen molar-refractivity contribution in [3.63, 3.8) is 0 Å². The van der Waals surface area contributed by atoms with Crippen LogP contribution in [0.25, 0.3) is 22.6 Å². The summed E-state index contributed by atoms with van der Waals surface area (Å²) in [4.78, 5) is 14.9. The second-order valence-corrected chi connectivity index (χ2v) is 5.22. The van der Waals surface area contributed by atoms with E-state index < -0.39 is 0 Å². The molecule has 19 heavy (non-hydrogen) atoms. The smallest absolute Gasteiger partial charge is 0.227 e. The molecule has 3 aromatic rings. The molecule has 1 aromatic heterocycles. The van der Waals surface area contributed by atoms with Crippen molar-refractivity contribution in [2.45, 2.75) is 0 Å². The standard InChI is InChI=1S/C14H9IN2O2/c15-10-3-1-2-9(6-10)14-17-12-7-11(16-8-18)4-5-13(12)19-14/h1-8H,(H,16,18). The highest BCUT2D eigenvalue weighted by Gasteiger charge is 2.08. The molecule has 2 aromatic carbocycles. The van der Waals surface area contributed by atoms with Crippen LogP contribution < -0.4 is 5.32 Å². The first-order chi connectivity index (χ1) is 9.26. The summed E-state index contributed by atoms with van der Waals surface area (Å²) in [5.74, 6) is 0.580. The number of fused-ring (bicyclic) bond motifs is 1. The molecule has 0 fully saturated rings. The number of oxazole rings is 1. The van der Waals surface area contributed by atoms with E-state index in [1.807, 2.05) is 24.3 Å². The highest BCUT2D eigenvalue weighted by Crippen LogP contribution is 2.26. The van der Waals surface area contributed by atoms with Crippen LogP contribution in [0.15, 0.2) is 46.9 Å². The van der Waals surface area contributed by atoms with E-state index in [9.17, 15) is 4.79 Å². The molecule has 0 bridgehead atoms. The lowest BCUT2D eigenvalue weighted by Gasteiger charge is -1.95. The zero-order valence-corrected chi connectivity index (χ0v) is 11.9. The summed E-state index contributed by atoms with van der Waals surface area (Å²) in [6.45, 7) is 0. The van der Waals surface area contributed by atoms with Crippen LogP contribution in [0.2, 0.25) is 0 Å². The van der Waals surface area contributed by atoms with Crippen molar-refractivity contribution in [2.75, 3.05) is 5.32 Å². The maximum atomic E-state index is 10.4. The van der Waals surface area contributed by atoms with Gasteiger partial charge in [0.2, 0.25) is 12.3 Å². The minimum Gasteiger partial charge on any atom is -0.436 e. The Kier molecular flexibility index (Phi) is 3.20. The number of hydrogen-bond donors (Lipinski definition) is 1. The number of amides is 1. The molecule has 0 aliphatic carbocycles. The molecule has 0 unspecified atom stereocenters. The van der Waals surface area contributed by atoms with Gasteiger partial charge in [-0.25, -0.2) is 4.98 Å². The third kappa shape index (κ3) is 2.46. The number of nitrogens with zero attached hydrogens (tertiary/aromatic N) is 1. The van der Waals surface area contributed by atoms with E-state index in [0.717, 1.165) is 14.7 Å². The van der Waals surface area contributed by atoms with Gasteiger partial charge in [-0.1, -0.05) is 6.07 Å². The summed E-state index contributed by atoms with van der Waals surface area (Å²) >= 11 is 2.25. The van der Waals surface area contributed by atoms with Crippen molar-refractivity contribution >= 4 is 45.8 Å². The predicted molar refractivity (Wildman–Crippen MR) is 81.8 cm³/mol. The summed E-state index contributed by atoms with van der Waals surface area (Å²) in [7, 11) is 0. The first-order valence-corrected chi connectivity index (χ1v) is 6.71. The second kappa shape index (κ2) is 5.00. The van der Waals surface area contributed by atoms with Crippen molar-refractivity contribution in [1.82, 2.24) is 4.98 Å². The molecular formula is C14H9IN2O2. The van der Waals surface area contributed by atoms with Crippen LogP contribution in [0.3, 0.4) is 0 Å². The Morgan fingerprint density at radius 2 is 2.11 bits per heavy atom. The largest absolute Gasteiger partial charge is 0.436 e. The Morgan fingerprint density at radius 3 is 2.89 bits per heavy atom. The fourth-order valence-electron chi connectivity index (χ4n) is 1.83. The van der Waals surface area contributed by atoms with Crippen LogP contribution >= 0.6 is 22.6 Å². The van der Waals surface area contributed by atoms with Crippen LogP contribution in [0.1, 0.15) is 0 Å². The van der Waals surface area contributed by atoms with Crippen molar-refractivity contribution in [2.24, 2.45) is 0 Å². The SMILES string of the molecule is O=CNc1ccc2oc(-c3cccc(I)c3)nc2c1. The zero-order chi connectivity index (χ0) is 13.2. The Balaban J connectivity index is 2.08. The molecule has 0 saturated carbocycles. The van der Waals surface area contributed by atoms with Gasteiger partial charge in [0.1, 0.15) is 5.52 Å². The fraction of sp³-hybridized carbons (Fsp3) is 0. The number of nitrogens with one attached hydrogen (secondary N) is 1. The van der Waals surface area contributed by atoms with Crippen molar-refractivity contribution in [3.05, 3.63) is 46.0 Å². The predicted octanol–water partition coefficient (Wildman–Crippen LogP) is 3.67. The van der Waals surface area contributed by atoms with Crippen molar-refractivity contribution in [1.29, 1.82) is 0 Å². The van der Waals surface area contributed by atoms with E-state index in [0.29, 0.717) is 23.6 Å². The Bertz CT molecular complexity index is 752. The molecule has 0 aliphatic rings. The monoisotopic (exact) mass is 364 g/mol. The summed E-state index contributed by atoms with van der Waals surface area (Å²) in [5, 5.41) is 2.59. The quantitative estimate of drug-likeness (QED) is 0.570. The van der Waals surface area contributed by atoms with E-state index in [-0.39, 0.29) is 0 Å². The van der Waals surface area contributed by atoms with Crippen LogP contribution in [0.4, 0.5) is 5.69 Å². The molecule has 1 N–H and O–H groups in total. The van der Waals surface area contributed by atoms with Crippen LogP contribution in [-0.2, 0) is 4.79 Å². The highest BCUT2D eigenvalue weighted by atomic mass is 127. The minimum absolute atomic E-state index is 0.580. The van der Waals surface area contributed by atoms with Gasteiger partial charge in [0.25, 0.3) is 0 Å². The molecule has 0 radical (unpaired) electrons. The van der Waals surface area contributed by atoms with Gasteiger partial charge in [0.15, 0.2) is 5.58 Å². The molecule has 94 valence electrons. The molecule has 0 spiro atoms. The van der Waals surface area contributed by atoms with E-state index >= 15 is 0 Å². The number of hydrogen-bond acceptors (Lipinski definition) is 3. The van der Waals surface area contributed by atoms with Crippen LogP contribution in [0.5, 0.6) is 0 Å². The number of carbonyl (C=O) groups excluding carboxylic acids is 1. The number of benzene rings is 2. The van der Waals surface area contributed by atoms with Gasteiger partial charge < -0.3 is 9.73 Å². The zero-order valence-electron chi connectivity index (χ0n) is 9.76. The lowest BCUT2D eigenvalue weighted by molar-refractivity contribution is -0.105. The second-order valence-electron chi connectivity index (χ2n) is 3.97. The third-order valence-corrected chi connectivity index (χ3v) is 3.36. The van der Waals surface area contributed by atoms with Gasteiger partial charge in [-0.15, -0.1) is 0 Å². The topological polar surface area (TPSA) is 55.1 Å². The molecular weight excluding hydrogens is 355 g/mol. The summed E-state index contributed by atoms with van der Waals surface area (Å²) < 4.78 is 6.84. The molecule has 1 amide bonds. The Hall–Kier alpha value is -1.89. The summed E-state index contributed by atoms with van der Waals surface area (Å²) in [5.41, 5.74) is 3.06. The van der Waals surface area contributed by atoms with E-state index in [1.165, 1.54) is 0 Å². The van der Waals surface area contributed by atoms with Gasteiger partial charge >= 0.3 is 0 Å². The lowest BCUT2D eigenvalue weighted by Crippen LogP contribution is -1.92. The number of rotatable bonds is 3. The van der Waals surface area contributed by atoms with Gasteiger partial charge in [0.05, 0.1) is 0 Å². The average molecular weight is 364 g/mol. The maximum Gasteiger partial charge on any atom is 0.227 e. The molecule has 5 heteroatoms. The number of carbonyl (C=O) groups is 1. The maximum absolute atomic E-state index is 10.4. The summed E-state index contributed by atoms with van der Waals surface area (Å²) in [6.07, 6.45) is 0.641. The first kappa shape index (κ1) is 12.2. The fourth-order valence-corrected chi connectivity index (χ4v) is 2.37. The number of anilines is 1. The molecule has 0 saturated heterocycles. The van der Waals surface area contributed by atoms with Gasteiger partial charge in [-0.2, -0.15) is 0 Å². The molecule has 3 rings (SSSR count). The van der Waals surface area contributed by atoms with Crippen molar-refractivity contribution < 1.29 is 9.21 Å². The van der Waals surface area contributed by atoms with Crippen LogP contribution in [-0.4, -0.2) is 11.4 Å². The molecule has 0 aliphatic heterocycles. The normalized spacial score (nSPS) is 10.6. The van der Waals surface area contributed by atoms with E-state index in [2.05, 4.69) is 32.9 Å².